The van der Waals surface area contributed by atoms with E-state index in [0.29, 0.717) is 16.8 Å². The molecule has 3 amide bonds. The highest BCUT2D eigenvalue weighted by Crippen LogP contribution is 2.58. The molecule has 4 rings (SSSR count). The van der Waals surface area contributed by atoms with Gasteiger partial charge in [0.05, 0.1) is 17.6 Å². The lowest BCUT2D eigenvalue weighted by Crippen LogP contribution is -2.56. The molecule has 0 aromatic heterocycles. The second kappa shape index (κ2) is 10.3. The molecule has 2 fully saturated rings. The number of hydrogen-bond donors (Lipinski definition) is 4. The maximum absolute atomic E-state index is 14.0. The number of para-hydroxylation sites is 1. The summed E-state index contributed by atoms with van der Waals surface area (Å²) in [6.07, 6.45) is -1.64. The van der Waals surface area contributed by atoms with Crippen LogP contribution in [0.25, 0.3) is 0 Å². The molecule has 2 saturated heterocycles. The van der Waals surface area contributed by atoms with Crippen LogP contribution in [0.1, 0.15) is 43.9 Å². The van der Waals surface area contributed by atoms with Crippen molar-refractivity contribution in [1.82, 2.24) is 4.90 Å². The van der Waals surface area contributed by atoms with Crippen molar-refractivity contribution >= 4 is 35.4 Å². The number of nitrogens with one attached hydrogen (secondary N) is 1. The van der Waals surface area contributed by atoms with Crippen LogP contribution in [0.2, 0.25) is 0 Å². The fourth-order valence-corrected chi connectivity index (χ4v) is 5.87. The average molecular weight is 522 g/mol. The van der Waals surface area contributed by atoms with E-state index in [-0.39, 0.29) is 31.1 Å². The summed E-state index contributed by atoms with van der Waals surface area (Å²) in [4.78, 5) is 54.8. The number of carbonyl (C=O) groups is 4. The normalized spacial score (nSPS) is 25.0. The minimum absolute atomic E-state index is 0.0344. The van der Waals surface area contributed by atoms with Gasteiger partial charge < -0.3 is 21.3 Å². The van der Waals surface area contributed by atoms with Crippen LogP contribution in [-0.2, 0) is 19.1 Å². The smallest absolute Gasteiger partial charge is 0.450 e. The third-order valence-electron chi connectivity index (χ3n) is 7.14. The van der Waals surface area contributed by atoms with Crippen molar-refractivity contribution in [3.05, 3.63) is 65.7 Å². The quantitative estimate of drug-likeness (QED) is 0.168. The first-order valence-corrected chi connectivity index (χ1v) is 12.3. The standard InChI is InChI=1S/C27H31N5O6/c1-15(2)14-27(38-26(36)37)21-20(24(34)32(25(21)35)18-6-4-3-5-7-18)22(31(27)13-12-19(28)33)16-8-10-17(11-9-16)23(29)30/h3-11,15,20-22H,12-14H2,1-2H3,(H2,28,33)(H3,29,30)(H,36,37). The molecule has 2 heterocycles. The predicted octanol–water partition coefficient (Wildman–Crippen LogP) is 2.45. The number of imide groups is 1. The maximum atomic E-state index is 14.0. The lowest BCUT2D eigenvalue weighted by molar-refractivity contribution is -0.160. The van der Waals surface area contributed by atoms with Gasteiger partial charge in [-0.1, -0.05) is 56.3 Å². The Kier molecular flexibility index (Phi) is 7.23. The Morgan fingerprint density at radius 1 is 1.05 bits per heavy atom. The number of nitrogens with two attached hydrogens (primary N) is 2. The van der Waals surface area contributed by atoms with Gasteiger partial charge in [0.25, 0.3) is 0 Å². The van der Waals surface area contributed by atoms with Gasteiger partial charge in [-0.05, 0) is 23.6 Å². The van der Waals surface area contributed by atoms with Crippen LogP contribution in [0.15, 0.2) is 54.6 Å². The number of rotatable bonds is 9. The van der Waals surface area contributed by atoms with Crippen LogP contribution in [-0.4, -0.2) is 52.0 Å². The van der Waals surface area contributed by atoms with E-state index in [2.05, 4.69) is 0 Å². The van der Waals surface area contributed by atoms with Gasteiger partial charge in [0.1, 0.15) is 11.8 Å². The number of amides is 3. The van der Waals surface area contributed by atoms with Crippen molar-refractivity contribution < 1.29 is 29.0 Å². The van der Waals surface area contributed by atoms with Gasteiger partial charge in [-0.3, -0.25) is 24.7 Å². The number of nitrogen functional groups attached to an aromatic ring is 1. The molecule has 2 aromatic rings. The Morgan fingerprint density at radius 3 is 2.21 bits per heavy atom. The predicted molar refractivity (Wildman–Crippen MR) is 138 cm³/mol. The van der Waals surface area contributed by atoms with Crippen molar-refractivity contribution in [2.75, 3.05) is 11.4 Å². The highest BCUT2D eigenvalue weighted by molar-refractivity contribution is 6.23. The molecule has 0 saturated carbocycles. The van der Waals surface area contributed by atoms with E-state index in [1.165, 1.54) is 0 Å². The topological polar surface area (TPSA) is 180 Å². The highest BCUT2D eigenvalue weighted by Gasteiger charge is 2.71. The van der Waals surface area contributed by atoms with E-state index >= 15 is 0 Å². The third-order valence-corrected chi connectivity index (χ3v) is 7.14. The minimum Gasteiger partial charge on any atom is -0.450 e. The van der Waals surface area contributed by atoms with Gasteiger partial charge >= 0.3 is 6.16 Å². The molecule has 2 aliphatic heterocycles. The van der Waals surface area contributed by atoms with Crippen LogP contribution in [0.4, 0.5) is 10.5 Å². The van der Waals surface area contributed by atoms with Crippen molar-refractivity contribution in [2.24, 2.45) is 29.2 Å². The molecule has 0 bridgehead atoms. The molecule has 4 atom stereocenters. The third kappa shape index (κ3) is 4.60. The highest BCUT2D eigenvalue weighted by atomic mass is 16.7. The zero-order chi connectivity index (χ0) is 27.8. The van der Waals surface area contributed by atoms with E-state index in [1.54, 1.807) is 59.5 Å². The molecule has 6 N–H and O–H groups in total. The lowest BCUT2D eigenvalue weighted by Gasteiger charge is -2.43. The molecule has 2 aliphatic rings. The van der Waals surface area contributed by atoms with E-state index in [1.807, 2.05) is 13.8 Å². The Labute approximate surface area is 219 Å². The molecule has 11 nitrogen and oxygen atoms in total. The lowest BCUT2D eigenvalue weighted by atomic mass is 9.82. The van der Waals surface area contributed by atoms with Crippen LogP contribution in [0, 0.1) is 23.2 Å². The molecule has 0 spiro atoms. The van der Waals surface area contributed by atoms with E-state index in [0.717, 1.165) is 4.90 Å². The number of ether oxygens (including phenoxy) is 1. The Hall–Kier alpha value is -4.25. The van der Waals surface area contributed by atoms with Gasteiger partial charge in [-0.25, -0.2) is 9.69 Å². The molecule has 200 valence electrons. The summed E-state index contributed by atoms with van der Waals surface area (Å²) < 4.78 is 5.62. The SMILES string of the molecule is CC(C)CC1(OC(=O)O)C2C(=O)N(c3ccccc3)C(=O)C2C(c2ccc(C(=N)N)cc2)N1CCC(N)=O. The van der Waals surface area contributed by atoms with E-state index < -0.39 is 47.5 Å². The van der Waals surface area contributed by atoms with Crippen LogP contribution in [0.3, 0.4) is 0 Å². The number of hydrogen-bond acceptors (Lipinski definition) is 7. The first-order valence-electron chi connectivity index (χ1n) is 12.3. The number of primary amides is 1. The Morgan fingerprint density at radius 2 is 1.68 bits per heavy atom. The van der Waals surface area contributed by atoms with Gasteiger partial charge in [-0.2, -0.15) is 0 Å². The van der Waals surface area contributed by atoms with Gasteiger partial charge in [0.2, 0.25) is 17.7 Å². The van der Waals surface area contributed by atoms with Gasteiger partial charge in [0.15, 0.2) is 5.72 Å². The second-order valence-electron chi connectivity index (χ2n) is 10.1. The molecule has 38 heavy (non-hydrogen) atoms. The van der Waals surface area contributed by atoms with Gasteiger partial charge in [-0.15, -0.1) is 0 Å². The second-order valence-corrected chi connectivity index (χ2v) is 10.1. The molecule has 0 aliphatic carbocycles. The summed E-state index contributed by atoms with van der Waals surface area (Å²) in [7, 11) is 0. The Balaban J connectivity index is 1.95. The number of fused-ring (bicyclic) bond motifs is 1. The number of carboxylic acid groups (broad SMARTS) is 1. The summed E-state index contributed by atoms with van der Waals surface area (Å²) in [5.41, 5.74) is 10.8. The van der Waals surface area contributed by atoms with Crippen molar-refractivity contribution in [2.45, 2.75) is 38.5 Å². The first-order chi connectivity index (χ1) is 18.0. The molecular formula is C27H31N5O6. The monoisotopic (exact) mass is 521 g/mol. The number of amidine groups is 1. The van der Waals surface area contributed by atoms with Crippen molar-refractivity contribution in [3.8, 4) is 0 Å². The summed E-state index contributed by atoms with van der Waals surface area (Å²) in [5.74, 6) is -4.13. The fourth-order valence-electron chi connectivity index (χ4n) is 5.87. The van der Waals surface area contributed by atoms with Crippen molar-refractivity contribution in [1.29, 1.82) is 5.41 Å². The van der Waals surface area contributed by atoms with Crippen LogP contribution < -0.4 is 16.4 Å². The number of likely N-dealkylation sites (tertiary alicyclic amines) is 1. The van der Waals surface area contributed by atoms with E-state index in [9.17, 15) is 24.3 Å². The molecule has 0 radical (unpaired) electrons. The first kappa shape index (κ1) is 26.8. The van der Waals surface area contributed by atoms with Crippen molar-refractivity contribution in [3.63, 3.8) is 0 Å². The average Bonchev–Trinajstić information content (AvgIpc) is 3.26. The zero-order valence-electron chi connectivity index (χ0n) is 21.2. The fraction of sp³-hybridized carbons (Fsp3) is 0.370. The summed E-state index contributed by atoms with van der Waals surface area (Å²) in [5, 5.41) is 17.6. The zero-order valence-corrected chi connectivity index (χ0v) is 21.2. The molecular weight excluding hydrogens is 490 g/mol. The number of carbonyl (C=O) groups excluding carboxylic acids is 3. The minimum atomic E-state index is -1.74. The van der Waals surface area contributed by atoms with Crippen LogP contribution >= 0.6 is 0 Å². The van der Waals surface area contributed by atoms with E-state index in [4.69, 9.17) is 21.6 Å². The summed E-state index contributed by atoms with van der Waals surface area (Å²) in [6, 6.07) is 14.2. The number of nitrogens with zero attached hydrogens (tertiary/aromatic N) is 2. The molecule has 2 aromatic carbocycles. The van der Waals surface area contributed by atoms with Crippen LogP contribution in [0.5, 0.6) is 0 Å². The number of anilines is 1. The summed E-state index contributed by atoms with van der Waals surface area (Å²) in [6.45, 7) is 3.69. The number of benzene rings is 2. The molecule has 4 unspecified atom stereocenters. The Bertz CT molecular complexity index is 1260. The van der Waals surface area contributed by atoms with Gasteiger partial charge in [0, 0.05) is 24.9 Å². The molecule has 11 heteroatoms. The maximum Gasteiger partial charge on any atom is 0.507 e. The summed E-state index contributed by atoms with van der Waals surface area (Å²) >= 11 is 0. The largest absolute Gasteiger partial charge is 0.507 e.